The van der Waals surface area contributed by atoms with Crippen LogP contribution in [0.1, 0.15) is 33.1 Å². The Morgan fingerprint density at radius 1 is 1.30 bits per heavy atom. The maximum absolute atomic E-state index is 5.32. The van der Waals surface area contributed by atoms with E-state index in [1.54, 1.807) is 7.11 Å². The lowest BCUT2D eigenvalue weighted by molar-refractivity contribution is 0.378. The van der Waals surface area contributed by atoms with Gasteiger partial charge in [-0.05, 0) is 48.3 Å². The summed E-state index contributed by atoms with van der Waals surface area (Å²) >= 11 is 0. The summed E-state index contributed by atoms with van der Waals surface area (Å²) in [7, 11) is 1.70. The summed E-state index contributed by atoms with van der Waals surface area (Å²) in [5.41, 5.74) is 0.444. The number of anilines is 1. The van der Waals surface area contributed by atoms with Gasteiger partial charge < -0.3 is 10.1 Å². The Labute approximate surface area is 120 Å². The molecule has 1 aliphatic rings. The highest BCUT2D eigenvalue weighted by Crippen LogP contribution is 2.38. The summed E-state index contributed by atoms with van der Waals surface area (Å²) in [6, 6.07) is 8.70. The number of pyridine rings is 1. The Kier molecular flexibility index (Phi) is 3.28. The van der Waals surface area contributed by atoms with Gasteiger partial charge in [-0.1, -0.05) is 19.9 Å². The van der Waals surface area contributed by atoms with Crippen LogP contribution in [0.25, 0.3) is 10.8 Å². The van der Waals surface area contributed by atoms with Crippen molar-refractivity contribution in [1.29, 1.82) is 0 Å². The van der Waals surface area contributed by atoms with Gasteiger partial charge in [0, 0.05) is 17.6 Å². The molecule has 0 bridgehead atoms. The van der Waals surface area contributed by atoms with Gasteiger partial charge in [0.25, 0.3) is 0 Å². The summed E-state index contributed by atoms with van der Waals surface area (Å²) in [5, 5.41) is 5.95. The van der Waals surface area contributed by atoms with Gasteiger partial charge >= 0.3 is 0 Å². The summed E-state index contributed by atoms with van der Waals surface area (Å²) in [5.74, 6) is 1.85. The van der Waals surface area contributed by atoms with Gasteiger partial charge in [0.05, 0.1) is 7.11 Å². The normalized spacial score (nSPS) is 21.1. The largest absolute Gasteiger partial charge is 0.497 e. The zero-order valence-corrected chi connectivity index (χ0v) is 12.4. The predicted octanol–water partition coefficient (Wildman–Crippen LogP) is 4.23. The van der Waals surface area contributed by atoms with Crippen LogP contribution in [0.2, 0.25) is 0 Å². The number of methoxy groups -OCH3 is 1. The Balaban J connectivity index is 1.91. The minimum absolute atomic E-state index is 0.444. The second-order valence-corrected chi connectivity index (χ2v) is 6.49. The van der Waals surface area contributed by atoms with Gasteiger partial charge in [-0.3, -0.25) is 0 Å². The molecule has 0 saturated heterocycles. The zero-order valence-electron chi connectivity index (χ0n) is 12.4. The molecule has 0 radical (unpaired) electrons. The molecular weight excluding hydrogens is 248 g/mol. The molecule has 2 aromatic rings. The van der Waals surface area contributed by atoms with E-state index in [2.05, 4.69) is 36.3 Å². The molecule has 20 heavy (non-hydrogen) atoms. The first kappa shape index (κ1) is 13.2. The van der Waals surface area contributed by atoms with Crippen molar-refractivity contribution in [1.82, 2.24) is 4.98 Å². The molecule has 3 nitrogen and oxygen atoms in total. The number of ether oxygens (including phenoxy) is 1. The van der Waals surface area contributed by atoms with Crippen molar-refractivity contribution in [3.63, 3.8) is 0 Å². The quantitative estimate of drug-likeness (QED) is 0.906. The molecule has 1 heterocycles. The van der Waals surface area contributed by atoms with E-state index < -0.39 is 0 Å². The number of benzene rings is 1. The van der Waals surface area contributed by atoms with E-state index >= 15 is 0 Å². The second-order valence-electron chi connectivity index (χ2n) is 6.49. The van der Waals surface area contributed by atoms with Gasteiger partial charge in [0.1, 0.15) is 11.6 Å². The number of rotatable bonds is 3. The lowest BCUT2D eigenvalue weighted by atomic mass is 9.92. The Morgan fingerprint density at radius 2 is 2.15 bits per heavy atom. The van der Waals surface area contributed by atoms with Crippen LogP contribution < -0.4 is 10.1 Å². The number of hydrogen-bond acceptors (Lipinski definition) is 3. The molecule has 1 aromatic heterocycles. The SMILES string of the molecule is COc1ccc2ccnc(NC3CCC(C)(C)C3)c2c1. The molecule has 3 rings (SSSR count). The third-order valence-electron chi connectivity index (χ3n) is 4.28. The van der Waals surface area contributed by atoms with Crippen LogP contribution in [0.4, 0.5) is 5.82 Å². The van der Waals surface area contributed by atoms with Crippen LogP contribution in [-0.2, 0) is 0 Å². The maximum atomic E-state index is 5.32. The standard InChI is InChI=1S/C17H22N2O/c1-17(2)8-6-13(11-17)19-16-15-10-14(20-3)5-4-12(15)7-9-18-16/h4-5,7,9-10,13H,6,8,11H2,1-3H3,(H,18,19). The first-order valence-electron chi connectivity index (χ1n) is 7.27. The molecule has 0 amide bonds. The maximum Gasteiger partial charge on any atom is 0.134 e. The van der Waals surface area contributed by atoms with Gasteiger partial charge in [-0.25, -0.2) is 4.98 Å². The molecule has 1 saturated carbocycles. The van der Waals surface area contributed by atoms with E-state index in [0.717, 1.165) is 17.0 Å². The number of hydrogen-bond donors (Lipinski definition) is 1. The molecule has 3 heteroatoms. The third kappa shape index (κ3) is 2.58. The van der Waals surface area contributed by atoms with Crippen molar-refractivity contribution in [3.05, 3.63) is 30.5 Å². The van der Waals surface area contributed by atoms with Crippen molar-refractivity contribution < 1.29 is 4.74 Å². The molecule has 0 spiro atoms. The fraction of sp³-hybridized carbons (Fsp3) is 0.471. The third-order valence-corrected chi connectivity index (χ3v) is 4.28. The van der Waals surface area contributed by atoms with E-state index in [1.807, 2.05) is 18.3 Å². The van der Waals surface area contributed by atoms with Crippen molar-refractivity contribution in [3.8, 4) is 5.75 Å². The van der Waals surface area contributed by atoms with E-state index in [0.29, 0.717) is 11.5 Å². The number of nitrogens with one attached hydrogen (secondary N) is 1. The first-order chi connectivity index (χ1) is 9.57. The summed E-state index contributed by atoms with van der Waals surface area (Å²) in [4.78, 5) is 4.53. The van der Waals surface area contributed by atoms with Crippen LogP contribution in [0.3, 0.4) is 0 Å². The first-order valence-corrected chi connectivity index (χ1v) is 7.27. The Hall–Kier alpha value is -1.77. The van der Waals surface area contributed by atoms with Crippen LogP contribution in [0.15, 0.2) is 30.5 Å². The monoisotopic (exact) mass is 270 g/mol. The minimum Gasteiger partial charge on any atom is -0.497 e. The molecule has 1 unspecified atom stereocenters. The van der Waals surface area contributed by atoms with Gasteiger partial charge in [0.15, 0.2) is 0 Å². The summed E-state index contributed by atoms with van der Waals surface area (Å²) < 4.78 is 5.32. The smallest absolute Gasteiger partial charge is 0.134 e. The summed E-state index contributed by atoms with van der Waals surface area (Å²) in [6.45, 7) is 4.68. The lowest BCUT2D eigenvalue weighted by Gasteiger charge is -2.19. The van der Waals surface area contributed by atoms with Crippen LogP contribution in [-0.4, -0.2) is 18.1 Å². The number of nitrogens with zero attached hydrogens (tertiary/aromatic N) is 1. The average molecular weight is 270 g/mol. The van der Waals surface area contributed by atoms with Crippen LogP contribution in [0.5, 0.6) is 5.75 Å². The van der Waals surface area contributed by atoms with E-state index in [9.17, 15) is 0 Å². The Morgan fingerprint density at radius 3 is 2.85 bits per heavy atom. The number of fused-ring (bicyclic) bond motifs is 1. The van der Waals surface area contributed by atoms with Crippen molar-refractivity contribution in [2.45, 2.75) is 39.2 Å². The van der Waals surface area contributed by atoms with E-state index in [1.165, 1.54) is 24.6 Å². The molecular formula is C17H22N2O. The zero-order chi connectivity index (χ0) is 14.2. The second kappa shape index (κ2) is 4.97. The minimum atomic E-state index is 0.444. The molecule has 1 aliphatic carbocycles. The summed E-state index contributed by atoms with van der Waals surface area (Å²) in [6.07, 6.45) is 5.57. The fourth-order valence-electron chi connectivity index (χ4n) is 3.14. The topological polar surface area (TPSA) is 34.1 Å². The van der Waals surface area contributed by atoms with Crippen molar-refractivity contribution >= 4 is 16.6 Å². The molecule has 0 aliphatic heterocycles. The number of aromatic nitrogens is 1. The Bertz CT molecular complexity index is 621. The molecule has 1 aromatic carbocycles. The highest BCUT2D eigenvalue weighted by atomic mass is 16.5. The van der Waals surface area contributed by atoms with Crippen LogP contribution >= 0.6 is 0 Å². The molecule has 1 atom stereocenters. The van der Waals surface area contributed by atoms with Crippen molar-refractivity contribution in [2.75, 3.05) is 12.4 Å². The van der Waals surface area contributed by atoms with Crippen LogP contribution in [0, 0.1) is 5.41 Å². The average Bonchev–Trinajstić information content (AvgIpc) is 2.78. The van der Waals surface area contributed by atoms with E-state index in [-0.39, 0.29) is 0 Å². The predicted molar refractivity (Wildman–Crippen MR) is 83.3 cm³/mol. The van der Waals surface area contributed by atoms with Gasteiger partial charge in [-0.2, -0.15) is 0 Å². The van der Waals surface area contributed by atoms with Crippen molar-refractivity contribution in [2.24, 2.45) is 5.41 Å². The fourth-order valence-corrected chi connectivity index (χ4v) is 3.14. The highest BCUT2D eigenvalue weighted by molar-refractivity contribution is 5.92. The van der Waals surface area contributed by atoms with E-state index in [4.69, 9.17) is 4.74 Å². The van der Waals surface area contributed by atoms with Gasteiger partial charge in [0.2, 0.25) is 0 Å². The highest BCUT2D eigenvalue weighted by Gasteiger charge is 2.31. The lowest BCUT2D eigenvalue weighted by Crippen LogP contribution is -2.18. The van der Waals surface area contributed by atoms with Gasteiger partial charge in [-0.15, -0.1) is 0 Å². The molecule has 1 N–H and O–H groups in total. The molecule has 106 valence electrons. The molecule has 1 fully saturated rings.